The first-order valence-corrected chi connectivity index (χ1v) is 9.24. The molecule has 1 aliphatic rings. The molecule has 0 bridgehead atoms. The van der Waals surface area contributed by atoms with E-state index in [2.05, 4.69) is 18.7 Å². The number of nitrogens with zero attached hydrogens (tertiary/aromatic N) is 2. The van der Waals surface area contributed by atoms with Crippen LogP contribution in [-0.2, 0) is 15.9 Å². The zero-order valence-electron chi connectivity index (χ0n) is 12.8. The summed E-state index contributed by atoms with van der Waals surface area (Å²) in [5.41, 5.74) is 1.64. The molecular formula is C15H23ClN2O2S. The van der Waals surface area contributed by atoms with Crippen molar-refractivity contribution in [3.05, 3.63) is 29.3 Å². The van der Waals surface area contributed by atoms with Gasteiger partial charge in [-0.1, -0.05) is 12.1 Å². The normalized spacial score (nSPS) is 18.3. The van der Waals surface area contributed by atoms with Crippen molar-refractivity contribution in [3.8, 4) is 0 Å². The lowest BCUT2D eigenvalue weighted by molar-refractivity contribution is 0.154. The monoisotopic (exact) mass is 330 g/mol. The number of rotatable bonds is 4. The molecule has 0 amide bonds. The number of halogens is 1. The van der Waals surface area contributed by atoms with E-state index in [0.717, 1.165) is 24.2 Å². The highest BCUT2D eigenvalue weighted by Gasteiger charge is 2.30. The van der Waals surface area contributed by atoms with Crippen molar-refractivity contribution >= 4 is 21.6 Å². The fourth-order valence-corrected chi connectivity index (χ4v) is 4.66. The van der Waals surface area contributed by atoms with E-state index in [9.17, 15) is 8.42 Å². The van der Waals surface area contributed by atoms with Crippen molar-refractivity contribution in [2.75, 3.05) is 26.2 Å². The van der Waals surface area contributed by atoms with Crippen LogP contribution in [0.2, 0.25) is 0 Å². The lowest BCUT2D eigenvalue weighted by Crippen LogP contribution is -2.50. The van der Waals surface area contributed by atoms with Crippen molar-refractivity contribution in [1.82, 2.24) is 9.21 Å². The number of benzene rings is 1. The number of alkyl halides is 1. The van der Waals surface area contributed by atoms with Gasteiger partial charge in [0.25, 0.3) is 0 Å². The summed E-state index contributed by atoms with van der Waals surface area (Å²) in [6.07, 6.45) is 0. The Morgan fingerprint density at radius 1 is 1.19 bits per heavy atom. The van der Waals surface area contributed by atoms with Crippen LogP contribution in [0.1, 0.15) is 25.0 Å². The molecule has 1 saturated heterocycles. The standard InChI is InChI=1S/C15H23ClN2O2S/c1-12(2)17-7-9-18(10-8-17)21(19,20)15-6-4-5-14(11-16)13(15)3/h4-6,12H,7-11H2,1-3H3. The number of hydrogen-bond donors (Lipinski definition) is 0. The summed E-state index contributed by atoms with van der Waals surface area (Å²) in [4.78, 5) is 2.69. The van der Waals surface area contributed by atoms with Crippen LogP contribution in [0, 0.1) is 6.92 Å². The molecule has 1 aliphatic heterocycles. The van der Waals surface area contributed by atoms with Gasteiger partial charge in [0, 0.05) is 38.1 Å². The molecule has 118 valence electrons. The molecule has 0 N–H and O–H groups in total. The fourth-order valence-electron chi connectivity index (χ4n) is 2.68. The Hall–Kier alpha value is -0.620. The van der Waals surface area contributed by atoms with Crippen LogP contribution < -0.4 is 0 Å². The van der Waals surface area contributed by atoms with E-state index in [1.54, 1.807) is 16.4 Å². The molecule has 1 fully saturated rings. The molecule has 1 heterocycles. The van der Waals surface area contributed by atoms with Crippen molar-refractivity contribution < 1.29 is 8.42 Å². The second-order valence-corrected chi connectivity index (χ2v) is 7.88. The van der Waals surface area contributed by atoms with E-state index < -0.39 is 10.0 Å². The Bertz CT molecular complexity index is 594. The van der Waals surface area contributed by atoms with Gasteiger partial charge in [-0.15, -0.1) is 11.6 Å². The van der Waals surface area contributed by atoms with Crippen LogP contribution in [0.3, 0.4) is 0 Å². The van der Waals surface area contributed by atoms with Crippen LogP contribution >= 0.6 is 11.6 Å². The smallest absolute Gasteiger partial charge is 0.243 e. The maximum atomic E-state index is 12.8. The Morgan fingerprint density at radius 2 is 1.81 bits per heavy atom. The molecule has 6 heteroatoms. The zero-order valence-corrected chi connectivity index (χ0v) is 14.4. The molecule has 0 radical (unpaired) electrons. The second kappa shape index (κ2) is 6.65. The Balaban J connectivity index is 2.24. The van der Waals surface area contributed by atoms with Gasteiger partial charge in [-0.05, 0) is 38.0 Å². The Kier molecular flexibility index (Phi) is 5.30. The fraction of sp³-hybridized carbons (Fsp3) is 0.600. The minimum atomic E-state index is -3.43. The van der Waals surface area contributed by atoms with E-state index in [1.807, 2.05) is 13.0 Å². The molecule has 1 aromatic rings. The van der Waals surface area contributed by atoms with Gasteiger partial charge in [-0.2, -0.15) is 4.31 Å². The Labute approximate surface area is 132 Å². The topological polar surface area (TPSA) is 40.6 Å². The summed E-state index contributed by atoms with van der Waals surface area (Å²) >= 11 is 5.88. The van der Waals surface area contributed by atoms with E-state index >= 15 is 0 Å². The predicted octanol–water partition coefficient (Wildman–Crippen LogP) is 2.45. The minimum absolute atomic E-state index is 0.330. The van der Waals surface area contributed by atoms with Gasteiger partial charge in [0.15, 0.2) is 0 Å². The molecular weight excluding hydrogens is 308 g/mol. The molecule has 0 spiro atoms. The van der Waals surface area contributed by atoms with Gasteiger partial charge in [0.05, 0.1) is 4.90 Å². The molecule has 0 atom stereocenters. The van der Waals surface area contributed by atoms with Crippen molar-refractivity contribution in [2.24, 2.45) is 0 Å². The van der Waals surface area contributed by atoms with Gasteiger partial charge < -0.3 is 0 Å². The summed E-state index contributed by atoms with van der Waals surface area (Å²) in [5.74, 6) is 0.330. The molecule has 0 unspecified atom stereocenters. The van der Waals surface area contributed by atoms with Gasteiger partial charge in [0.2, 0.25) is 10.0 Å². The molecule has 0 saturated carbocycles. The molecule has 2 rings (SSSR count). The molecule has 21 heavy (non-hydrogen) atoms. The summed E-state index contributed by atoms with van der Waals surface area (Å²) in [7, 11) is -3.43. The average Bonchev–Trinajstić information content (AvgIpc) is 2.47. The second-order valence-electron chi connectivity index (χ2n) is 5.71. The maximum absolute atomic E-state index is 12.8. The third kappa shape index (κ3) is 3.42. The lowest BCUT2D eigenvalue weighted by atomic mass is 10.1. The van der Waals surface area contributed by atoms with Crippen LogP contribution in [0.25, 0.3) is 0 Å². The van der Waals surface area contributed by atoms with E-state index in [0.29, 0.717) is 29.9 Å². The predicted molar refractivity (Wildman–Crippen MR) is 86.2 cm³/mol. The van der Waals surface area contributed by atoms with E-state index in [1.165, 1.54) is 0 Å². The first-order chi connectivity index (χ1) is 9.87. The molecule has 4 nitrogen and oxygen atoms in total. The van der Waals surface area contributed by atoms with Gasteiger partial charge >= 0.3 is 0 Å². The highest BCUT2D eigenvalue weighted by atomic mass is 35.5. The lowest BCUT2D eigenvalue weighted by Gasteiger charge is -2.36. The largest absolute Gasteiger partial charge is 0.298 e. The van der Waals surface area contributed by atoms with Crippen LogP contribution in [0.5, 0.6) is 0 Å². The zero-order chi connectivity index (χ0) is 15.6. The maximum Gasteiger partial charge on any atom is 0.243 e. The third-order valence-electron chi connectivity index (χ3n) is 4.16. The van der Waals surface area contributed by atoms with Crippen molar-refractivity contribution in [2.45, 2.75) is 37.6 Å². The average molecular weight is 331 g/mol. The quantitative estimate of drug-likeness (QED) is 0.796. The minimum Gasteiger partial charge on any atom is -0.298 e. The van der Waals surface area contributed by atoms with Gasteiger partial charge in [0.1, 0.15) is 0 Å². The van der Waals surface area contributed by atoms with E-state index in [-0.39, 0.29) is 0 Å². The van der Waals surface area contributed by atoms with Crippen LogP contribution in [0.15, 0.2) is 23.1 Å². The third-order valence-corrected chi connectivity index (χ3v) is 6.49. The summed E-state index contributed by atoms with van der Waals surface area (Å²) < 4.78 is 27.2. The number of piperazine rings is 1. The first-order valence-electron chi connectivity index (χ1n) is 7.26. The molecule has 0 aliphatic carbocycles. The summed E-state index contributed by atoms with van der Waals surface area (Å²) in [6.45, 7) is 8.76. The molecule has 0 aromatic heterocycles. The molecule has 1 aromatic carbocycles. The van der Waals surface area contributed by atoms with Crippen molar-refractivity contribution in [3.63, 3.8) is 0 Å². The SMILES string of the molecule is Cc1c(CCl)cccc1S(=O)(=O)N1CCN(C(C)C)CC1. The first kappa shape index (κ1) is 16.7. The van der Waals surface area contributed by atoms with E-state index in [4.69, 9.17) is 11.6 Å². The van der Waals surface area contributed by atoms with Crippen LogP contribution in [-0.4, -0.2) is 49.8 Å². The van der Waals surface area contributed by atoms with Gasteiger partial charge in [-0.25, -0.2) is 8.42 Å². The summed E-state index contributed by atoms with van der Waals surface area (Å²) in [5, 5.41) is 0. The van der Waals surface area contributed by atoms with Gasteiger partial charge in [-0.3, -0.25) is 4.90 Å². The summed E-state index contributed by atoms with van der Waals surface area (Å²) in [6, 6.07) is 5.77. The van der Waals surface area contributed by atoms with Crippen molar-refractivity contribution in [1.29, 1.82) is 0 Å². The highest BCUT2D eigenvalue weighted by molar-refractivity contribution is 7.89. The Morgan fingerprint density at radius 3 is 2.33 bits per heavy atom. The highest BCUT2D eigenvalue weighted by Crippen LogP contribution is 2.24. The number of hydrogen-bond acceptors (Lipinski definition) is 3. The number of sulfonamides is 1. The van der Waals surface area contributed by atoms with Crippen LogP contribution in [0.4, 0.5) is 0 Å².